The summed E-state index contributed by atoms with van der Waals surface area (Å²) in [5.41, 5.74) is 1.07. The van der Waals surface area contributed by atoms with Crippen LogP contribution < -0.4 is 5.30 Å². The lowest BCUT2D eigenvalue weighted by atomic mass is 9.87. The lowest BCUT2D eigenvalue weighted by molar-refractivity contribution is 0.387. The van der Waals surface area contributed by atoms with Gasteiger partial charge in [0.05, 0.1) is 5.30 Å². The number of hydrogen-bond donors (Lipinski definition) is 2. The van der Waals surface area contributed by atoms with Gasteiger partial charge >= 0.3 is 7.60 Å². The molecule has 0 aromatic heterocycles. The molecule has 0 unspecified atom stereocenters. The molecule has 1 aromatic carbocycles. The van der Waals surface area contributed by atoms with Gasteiger partial charge in [0.15, 0.2) is 0 Å². The first-order valence-electron chi connectivity index (χ1n) is 4.38. The Morgan fingerprint density at radius 1 is 1.07 bits per heavy atom. The standard InChI is InChI=1S/C10H15O3P/c1-10(2,3)8-4-6-9(7-5-8)14(11,12)13/h4-7H,1-3H3,(H2,11,12,13). The molecule has 3 nitrogen and oxygen atoms in total. The van der Waals surface area contributed by atoms with Gasteiger partial charge < -0.3 is 9.79 Å². The second-order valence-electron chi connectivity index (χ2n) is 4.34. The summed E-state index contributed by atoms with van der Waals surface area (Å²) in [5, 5.41) is 0.0745. The number of hydrogen-bond acceptors (Lipinski definition) is 1. The number of benzene rings is 1. The van der Waals surface area contributed by atoms with E-state index in [1.54, 1.807) is 12.1 Å². The van der Waals surface area contributed by atoms with E-state index in [0.717, 1.165) is 5.56 Å². The fraction of sp³-hybridized carbons (Fsp3) is 0.400. The van der Waals surface area contributed by atoms with Gasteiger partial charge in [-0.3, -0.25) is 4.57 Å². The zero-order valence-electron chi connectivity index (χ0n) is 8.56. The SMILES string of the molecule is CC(C)(C)c1ccc(P(=O)(O)O)cc1. The third kappa shape index (κ3) is 2.68. The predicted octanol–water partition coefficient (Wildman–Crippen LogP) is 1.79. The first-order chi connectivity index (χ1) is 6.21. The van der Waals surface area contributed by atoms with Crippen LogP contribution in [-0.2, 0) is 9.98 Å². The van der Waals surface area contributed by atoms with Crippen molar-refractivity contribution in [2.75, 3.05) is 0 Å². The molecule has 0 heterocycles. The summed E-state index contributed by atoms with van der Waals surface area (Å²) in [5.74, 6) is 0. The summed E-state index contributed by atoms with van der Waals surface area (Å²) in [6.45, 7) is 6.17. The maximum absolute atomic E-state index is 10.9. The molecule has 0 fully saturated rings. The fourth-order valence-corrected chi connectivity index (χ4v) is 1.69. The quantitative estimate of drug-likeness (QED) is 0.700. The molecule has 78 valence electrons. The number of rotatable bonds is 1. The van der Waals surface area contributed by atoms with Crippen molar-refractivity contribution >= 4 is 12.9 Å². The van der Waals surface area contributed by atoms with Gasteiger partial charge in [0.1, 0.15) is 0 Å². The molecule has 2 N–H and O–H groups in total. The molecule has 0 spiro atoms. The predicted molar refractivity (Wildman–Crippen MR) is 56.8 cm³/mol. The van der Waals surface area contributed by atoms with Crippen LogP contribution in [-0.4, -0.2) is 9.79 Å². The Morgan fingerprint density at radius 2 is 1.50 bits per heavy atom. The van der Waals surface area contributed by atoms with Gasteiger partial charge in [-0.25, -0.2) is 0 Å². The van der Waals surface area contributed by atoms with E-state index in [-0.39, 0.29) is 10.7 Å². The van der Waals surface area contributed by atoms with Gasteiger partial charge in [0.2, 0.25) is 0 Å². The van der Waals surface area contributed by atoms with Crippen LogP contribution >= 0.6 is 7.60 Å². The Bertz CT molecular complexity index is 356. The molecule has 4 heteroatoms. The van der Waals surface area contributed by atoms with Crippen LogP contribution in [0.2, 0.25) is 0 Å². The average Bonchev–Trinajstić information content (AvgIpc) is 2.01. The molecular weight excluding hydrogens is 199 g/mol. The maximum Gasteiger partial charge on any atom is 0.356 e. The Hall–Kier alpha value is -0.630. The van der Waals surface area contributed by atoms with E-state index in [0.29, 0.717) is 0 Å². The van der Waals surface area contributed by atoms with Crippen molar-refractivity contribution in [2.24, 2.45) is 0 Å². The van der Waals surface area contributed by atoms with E-state index in [9.17, 15) is 4.57 Å². The highest BCUT2D eigenvalue weighted by Gasteiger charge is 2.18. The summed E-state index contributed by atoms with van der Waals surface area (Å²) in [6, 6.07) is 6.49. The summed E-state index contributed by atoms with van der Waals surface area (Å²) < 4.78 is 10.9. The van der Waals surface area contributed by atoms with Crippen molar-refractivity contribution in [1.29, 1.82) is 0 Å². The topological polar surface area (TPSA) is 57.5 Å². The van der Waals surface area contributed by atoms with Gasteiger partial charge in [-0.15, -0.1) is 0 Å². The van der Waals surface area contributed by atoms with E-state index >= 15 is 0 Å². The molecule has 0 aliphatic rings. The van der Waals surface area contributed by atoms with Crippen LogP contribution in [0.5, 0.6) is 0 Å². The Morgan fingerprint density at radius 3 is 1.79 bits per heavy atom. The first kappa shape index (κ1) is 11.4. The maximum atomic E-state index is 10.9. The minimum Gasteiger partial charge on any atom is -0.321 e. The molecule has 0 aliphatic carbocycles. The van der Waals surface area contributed by atoms with Crippen molar-refractivity contribution in [3.8, 4) is 0 Å². The molecular formula is C10H15O3P. The highest BCUT2D eigenvalue weighted by Crippen LogP contribution is 2.33. The molecule has 14 heavy (non-hydrogen) atoms. The first-order valence-corrected chi connectivity index (χ1v) is 5.99. The second-order valence-corrected chi connectivity index (χ2v) is 5.95. The van der Waals surface area contributed by atoms with Gasteiger partial charge in [-0.05, 0) is 23.1 Å². The molecule has 0 radical (unpaired) electrons. The Labute approximate surface area is 83.9 Å². The minimum absolute atomic E-state index is 0.00737. The second kappa shape index (κ2) is 3.50. The van der Waals surface area contributed by atoms with Crippen LogP contribution in [0, 0.1) is 0 Å². The highest BCUT2D eigenvalue weighted by atomic mass is 31.2. The van der Waals surface area contributed by atoms with Crippen LogP contribution in [0.25, 0.3) is 0 Å². The van der Waals surface area contributed by atoms with Crippen LogP contribution in [0.4, 0.5) is 0 Å². The minimum atomic E-state index is -4.09. The van der Waals surface area contributed by atoms with Crippen molar-refractivity contribution < 1.29 is 14.4 Å². The molecule has 0 saturated heterocycles. The van der Waals surface area contributed by atoms with E-state index in [4.69, 9.17) is 9.79 Å². The van der Waals surface area contributed by atoms with E-state index in [2.05, 4.69) is 20.8 Å². The molecule has 0 saturated carbocycles. The Balaban J connectivity index is 3.08. The molecule has 0 atom stereocenters. The molecule has 0 amide bonds. The monoisotopic (exact) mass is 214 g/mol. The summed E-state index contributed by atoms with van der Waals surface area (Å²) in [4.78, 5) is 17.8. The van der Waals surface area contributed by atoms with E-state index in [1.165, 1.54) is 12.1 Å². The molecule has 0 bridgehead atoms. The largest absolute Gasteiger partial charge is 0.356 e. The van der Waals surface area contributed by atoms with E-state index < -0.39 is 7.60 Å². The highest BCUT2D eigenvalue weighted by molar-refractivity contribution is 7.60. The van der Waals surface area contributed by atoms with Gasteiger partial charge in [0.25, 0.3) is 0 Å². The average molecular weight is 214 g/mol. The van der Waals surface area contributed by atoms with Crippen molar-refractivity contribution in [3.05, 3.63) is 29.8 Å². The van der Waals surface area contributed by atoms with Gasteiger partial charge in [0, 0.05) is 0 Å². The normalized spacial score (nSPS) is 12.9. The fourth-order valence-electron chi connectivity index (χ4n) is 1.16. The third-order valence-corrected chi connectivity index (χ3v) is 3.04. The smallest absolute Gasteiger partial charge is 0.321 e. The van der Waals surface area contributed by atoms with Crippen LogP contribution in [0.3, 0.4) is 0 Å². The van der Waals surface area contributed by atoms with Crippen molar-refractivity contribution in [2.45, 2.75) is 26.2 Å². The lowest BCUT2D eigenvalue weighted by Gasteiger charge is -2.19. The zero-order valence-corrected chi connectivity index (χ0v) is 9.45. The lowest BCUT2D eigenvalue weighted by Crippen LogP contribution is -2.13. The molecule has 1 aromatic rings. The van der Waals surface area contributed by atoms with Gasteiger partial charge in [-0.2, -0.15) is 0 Å². The summed E-state index contributed by atoms with van der Waals surface area (Å²) >= 11 is 0. The van der Waals surface area contributed by atoms with Crippen LogP contribution in [0.15, 0.2) is 24.3 Å². The summed E-state index contributed by atoms with van der Waals surface area (Å²) in [6.07, 6.45) is 0. The molecule has 0 aliphatic heterocycles. The Kier molecular flexibility index (Phi) is 2.86. The van der Waals surface area contributed by atoms with Crippen LogP contribution in [0.1, 0.15) is 26.3 Å². The van der Waals surface area contributed by atoms with Gasteiger partial charge in [-0.1, -0.05) is 32.9 Å². The third-order valence-electron chi connectivity index (χ3n) is 2.07. The zero-order chi connectivity index (χ0) is 11.0. The summed E-state index contributed by atoms with van der Waals surface area (Å²) in [7, 11) is -4.09. The van der Waals surface area contributed by atoms with Crippen molar-refractivity contribution in [3.63, 3.8) is 0 Å². The molecule has 1 rings (SSSR count). The van der Waals surface area contributed by atoms with E-state index in [1.807, 2.05) is 0 Å². The van der Waals surface area contributed by atoms with Crippen molar-refractivity contribution in [1.82, 2.24) is 0 Å².